The number of ketones is 1. The molecule has 0 unspecified atom stereocenters. The number of carbonyl (C=O) groups excluding carboxylic acids is 3. The third-order valence-electron chi connectivity index (χ3n) is 6.91. The molecule has 2 bridgehead atoms. The number of carbonyl (C=O) groups is 3. The molecule has 0 saturated heterocycles. The van der Waals surface area contributed by atoms with Crippen molar-refractivity contribution >= 4 is 18.0 Å². The average Bonchev–Trinajstić information content (AvgIpc) is 3.16. The molecule has 3 aliphatic rings. The third-order valence-corrected chi connectivity index (χ3v) is 6.91. The molecular formula is C31H37FN2O9. The molecule has 2 aromatic rings. The Morgan fingerprint density at radius 3 is 2.19 bits per heavy atom. The number of halogens is 1. The van der Waals surface area contributed by atoms with Crippen molar-refractivity contribution in [3.63, 3.8) is 0 Å². The molecule has 232 valence electrons. The van der Waals surface area contributed by atoms with Gasteiger partial charge in [0.25, 0.3) is 0 Å². The molecule has 11 nitrogen and oxygen atoms in total. The van der Waals surface area contributed by atoms with Crippen LogP contribution >= 0.6 is 0 Å². The van der Waals surface area contributed by atoms with Crippen LogP contribution in [0.4, 0.5) is 14.0 Å². The van der Waals surface area contributed by atoms with Crippen molar-refractivity contribution in [3.05, 3.63) is 65.0 Å². The van der Waals surface area contributed by atoms with Crippen molar-refractivity contribution in [2.45, 2.75) is 46.1 Å². The lowest BCUT2D eigenvalue weighted by Gasteiger charge is -2.46. The molecule has 0 spiro atoms. The number of nitrogens with zero attached hydrogens (tertiary/aromatic N) is 2. The minimum Gasteiger partial charge on any atom is -0.493 e. The Morgan fingerprint density at radius 1 is 0.953 bits per heavy atom. The summed E-state index contributed by atoms with van der Waals surface area (Å²) < 4.78 is 48.7. The fourth-order valence-electron chi connectivity index (χ4n) is 4.86. The van der Waals surface area contributed by atoms with E-state index in [0.717, 1.165) is 10.0 Å². The van der Waals surface area contributed by atoms with Crippen LogP contribution in [0.3, 0.4) is 0 Å². The van der Waals surface area contributed by atoms with Gasteiger partial charge in [-0.05, 0) is 35.6 Å². The largest absolute Gasteiger partial charge is 0.493 e. The van der Waals surface area contributed by atoms with Gasteiger partial charge >= 0.3 is 12.2 Å². The van der Waals surface area contributed by atoms with Crippen LogP contribution in [0.5, 0.6) is 17.2 Å². The molecular weight excluding hydrogens is 563 g/mol. The van der Waals surface area contributed by atoms with Crippen LogP contribution in [0, 0.1) is 17.7 Å². The van der Waals surface area contributed by atoms with Crippen LogP contribution < -0.4 is 14.2 Å². The molecule has 0 saturated carbocycles. The summed E-state index contributed by atoms with van der Waals surface area (Å²) >= 11 is 0. The molecule has 2 heterocycles. The minimum atomic E-state index is -2.18. The molecule has 0 aromatic heterocycles. The molecule has 43 heavy (non-hydrogen) atoms. The average molecular weight is 601 g/mol. The van der Waals surface area contributed by atoms with E-state index in [0.29, 0.717) is 0 Å². The van der Waals surface area contributed by atoms with Crippen LogP contribution in [0.15, 0.2) is 42.5 Å². The van der Waals surface area contributed by atoms with Crippen molar-refractivity contribution in [2.24, 2.45) is 11.8 Å². The van der Waals surface area contributed by atoms with E-state index in [4.69, 9.17) is 28.4 Å². The van der Waals surface area contributed by atoms with Crippen LogP contribution in [0.25, 0.3) is 0 Å². The molecule has 5 rings (SSSR count). The standard InChI is InChI=1S/C31H37FN2O9/c1-18(2)15-42-29(36)33-23-12-13-31(40-7,34(33)30(37)43-16-19(3)4)28(35)25-21(23)14-24(38-5)26(39-6)27(25)41-17-20-10-8-9-11-22(20)32/h8-14,18-19,23H,15-17H2,1-7H3/t23-,31-/m1/s1. The van der Waals surface area contributed by atoms with E-state index in [1.165, 1.54) is 39.5 Å². The number of rotatable bonds is 10. The highest BCUT2D eigenvalue weighted by molar-refractivity contribution is 6.10. The second-order valence-electron chi connectivity index (χ2n) is 10.9. The summed E-state index contributed by atoms with van der Waals surface area (Å²) in [4.78, 5) is 42.1. The highest BCUT2D eigenvalue weighted by Gasteiger charge is 2.60. The first-order valence-electron chi connectivity index (χ1n) is 13.9. The predicted molar refractivity (Wildman–Crippen MR) is 152 cm³/mol. The van der Waals surface area contributed by atoms with Gasteiger partial charge in [-0.15, -0.1) is 0 Å². The van der Waals surface area contributed by atoms with E-state index in [-0.39, 0.29) is 65.6 Å². The Labute approximate surface area is 250 Å². The fourth-order valence-corrected chi connectivity index (χ4v) is 4.86. The van der Waals surface area contributed by atoms with Crippen molar-refractivity contribution in [2.75, 3.05) is 34.5 Å². The smallest absolute Gasteiger partial charge is 0.432 e. The zero-order valence-corrected chi connectivity index (χ0v) is 25.3. The maximum atomic E-state index is 14.6. The van der Waals surface area contributed by atoms with Crippen LogP contribution in [-0.4, -0.2) is 68.3 Å². The highest BCUT2D eigenvalue weighted by Crippen LogP contribution is 2.52. The summed E-state index contributed by atoms with van der Waals surface area (Å²) in [5.41, 5.74) is -1.77. The topological polar surface area (TPSA) is 113 Å². The lowest BCUT2D eigenvalue weighted by Crippen LogP contribution is -2.66. The second kappa shape index (κ2) is 12.9. The van der Waals surface area contributed by atoms with Crippen molar-refractivity contribution in [1.82, 2.24) is 10.0 Å². The first kappa shape index (κ1) is 31.6. The predicted octanol–water partition coefficient (Wildman–Crippen LogP) is 5.68. The number of benzene rings is 2. The van der Waals surface area contributed by atoms with Gasteiger partial charge in [-0.1, -0.05) is 52.0 Å². The van der Waals surface area contributed by atoms with E-state index in [2.05, 4.69) is 0 Å². The van der Waals surface area contributed by atoms with E-state index in [1.807, 2.05) is 27.7 Å². The summed E-state index contributed by atoms with van der Waals surface area (Å²) in [7, 11) is 4.00. The van der Waals surface area contributed by atoms with Crippen molar-refractivity contribution in [3.8, 4) is 17.2 Å². The summed E-state index contributed by atoms with van der Waals surface area (Å²) in [6, 6.07) is 6.50. The minimum absolute atomic E-state index is 0.0121. The lowest BCUT2D eigenvalue weighted by molar-refractivity contribution is -0.160. The van der Waals surface area contributed by atoms with Gasteiger partial charge in [-0.2, -0.15) is 10.0 Å². The highest BCUT2D eigenvalue weighted by atomic mass is 19.1. The molecule has 2 aliphatic heterocycles. The number of hydrazine groups is 1. The van der Waals surface area contributed by atoms with Gasteiger partial charge in [0.05, 0.1) is 33.0 Å². The zero-order valence-electron chi connectivity index (χ0n) is 25.3. The fraction of sp³-hybridized carbons (Fsp3) is 0.452. The summed E-state index contributed by atoms with van der Waals surface area (Å²) in [6.45, 7) is 7.21. The van der Waals surface area contributed by atoms with E-state index < -0.39 is 35.6 Å². The quantitative estimate of drug-likeness (QED) is 0.318. The van der Waals surface area contributed by atoms with E-state index >= 15 is 0 Å². The van der Waals surface area contributed by atoms with Gasteiger partial charge in [-0.3, -0.25) is 4.79 Å². The van der Waals surface area contributed by atoms with Crippen molar-refractivity contribution in [1.29, 1.82) is 0 Å². The Kier molecular flexibility index (Phi) is 9.49. The molecule has 0 N–H and O–H groups in total. The Hall–Kier alpha value is -4.32. The number of hydrogen-bond donors (Lipinski definition) is 0. The Balaban J connectivity index is 1.95. The number of fused-ring (bicyclic) bond motifs is 1. The maximum Gasteiger partial charge on any atom is 0.432 e. The van der Waals surface area contributed by atoms with Crippen molar-refractivity contribution < 1.29 is 47.2 Å². The maximum absolute atomic E-state index is 14.6. The molecule has 2 aromatic carbocycles. The Morgan fingerprint density at radius 2 is 1.60 bits per heavy atom. The van der Waals surface area contributed by atoms with E-state index in [1.54, 1.807) is 24.3 Å². The first-order valence-corrected chi connectivity index (χ1v) is 13.9. The van der Waals surface area contributed by atoms with E-state index in [9.17, 15) is 18.8 Å². The number of hydrogen-bond acceptors (Lipinski definition) is 9. The van der Waals surface area contributed by atoms with Gasteiger partial charge in [0, 0.05) is 12.7 Å². The Bertz CT molecular complexity index is 1410. The first-order chi connectivity index (χ1) is 20.5. The number of methoxy groups -OCH3 is 3. The third kappa shape index (κ3) is 5.83. The summed E-state index contributed by atoms with van der Waals surface area (Å²) in [5.74, 6) is -1.16. The monoisotopic (exact) mass is 600 g/mol. The SMILES string of the molecule is COc1cc2c(c(OCc3ccccc3F)c1OC)C(=O)[C@]1(OC)C=C[C@H]2N(C(=O)OCC(C)C)N1C(=O)OCC(C)C. The second-order valence-corrected chi connectivity index (χ2v) is 10.9. The molecule has 0 fully saturated rings. The summed E-state index contributed by atoms with van der Waals surface area (Å²) in [6.07, 6.45) is 1.04. The van der Waals surface area contributed by atoms with Gasteiger partial charge in [0.15, 0.2) is 11.5 Å². The van der Waals surface area contributed by atoms with Gasteiger partial charge < -0.3 is 28.4 Å². The van der Waals surface area contributed by atoms with Crippen LogP contribution in [0.2, 0.25) is 0 Å². The normalized spacial score (nSPS) is 18.9. The summed E-state index contributed by atoms with van der Waals surface area (Å²) in [5, 5.41) is 1.84. The molecule has 2 amide bonds. The van der Waals surface area contributed by atoms with Crippen LogP contribution in [0.1, 0.15) is 55.2 Å². The molecule has 12 heteroatoms. The molecule has 2 atom stereocenters. The number of amides is 2. The van der Waals surface area contributed by atoms with Gasteiger partial charge in [-0.25, -0.2) is 14.0 Å². The lowest BCUT2D eigenvalue weighted by atomic mass is 9.95. The van der Waals surface area contributed by atoms with Gasteiger partial charge in [0.1, 0.15) is 18.5 Å². The molecule has 0 radical (unpaired) electrons. The number of Topliss-reactive ketones (excluding diaryl/α,β-unsaturated/α-hetero) is 1. The van der Waals surface area contributed by atoms with Gasteiger partial charge in [0.2, 0.25) is 17.3 Å². The molecule has 1 aliphatic carbocycles. The van der Waals surface area contributed by atoms with Crippen LogP contribution in [-0.2, 0) is 20.8 Å². The number of ether oxygens (including phenoxy) is 6. The zero-order chi connectivity index (χ0) is 31.5.